The molecular weight excluding hydrogens is 182 g/mol. The largest absolute Gasteiger partial charge is 0.453 e. The predicted octanol–water partition coefficient (Wildman–Crippen LogP) is 0.773. The first-order valence-corrected chi connectivity index (χ1v) is 4.26. The number of esters is 1. The van der Waals surface area contributed by atoms with Crippen molar-refractivity contribution in [3.8, 4) is 0 Å². The maximum atomic E-state index is 11.3. The SMILES string of the molecule is NC(=O)C[C@@H]1OC(=O)c2ccccc21. The van der Waals surface area contributed by atoms with E-state index in [9.17, 15) is 9.59 Å². The summed E-state index contributed by atoms with van der Waals surface area (Å²) >= 11 is 0. The summed E-state index contributed by atoms with van der Waals surface area (Å²) in [5.74, 6) is -0.855. The summed E-state index contributed by atoms with van der Waals surface area (Å²) in [4.78, 5) is 22.0. The lowest BCUT2D eigenvalue weighted by molar-refractivity contribution is -0.119. The fraction of sp³-hybridized carbons (Fsp3) is 0.200. The van der Waals surface area contributed by atoms with Crippen LogP contribution in [-0.4, -0.2) is 11.9 Å². The second kappa shape index (κ2) is 3.14. The number of amides is 1. The summed E-state index contributed by atoms with van der Waals surface area (Å²) in [5.41, 5.74) is 6.32. The molecule has 0 radical (unpaired) electrons. The van der Waals surface area contributed by atoms with Gasteiger partial charge < -0.3 is 10.5 Å². The Morgan fingerprint density at radius 2 is 2.14 bits per heavy atom. The van der Waals surface area contributed by atoms with Gasteiger partial charge in [0.15, 0.2) is 0 Å². The standard InChI is InChI=1S/C10H9NO3/c11-9(12)5-8-6-3-1-2-4-7(6)10(13)14-8/h1-4,8H,5H2,(H2,11,12)/t8-/m0/s1. The summed E-state index contributed by atoms with van der Waals surface area (Å²) in [5, 5.41) is 0. The molecule has 1 aliphatic rings. The Labute approximate surface area is 80.7 Å². The molecule has 0 aromatic heterocycles. The van der Waals surface area contributed by atoms with E-state index >= 15 is 0 Å². The number of carbonyl (C=O) groups is 2. The number of fused-ring (bicyclic) bond motifs is 1. The van der Waals surface area contributed by atoms with Gasteiger partial charge in [0.25, 0.3) is 0 Å². The van der Waals surface area contributed by atoms with Crippen molar-refractivity contribution >= 4 is 11.9 Å². The van der Waals surface area contributed by atoms with E-state index in [1.807, 2.05) is 0 Å². The lowest BCUT2D eigenvalue weighted by Crippen LogP contribution is -2.15. The Kier molecular flexibility index (Phi) is 1.96. The minimum Gasteiger partial charge on any atom is -0.453 e. The molecule has 0 spiro atoms. The lowest BCUT2D eigenvalue weighted by Gasteiger charge is -2.06. The van der Waals surface area contributed by atoms with Crippen molar-refractivity contribution in [2.24, 2.45) is 5.73 Å². The van der Waals surface area contributed by atoms with Crippen molar-refractivity contribution < 1.29 is 14.3 Å². The molecule has 2 N–H and O–H groups in total. The van der Waals surface area contributed by atoms with Crippen LogP contribution in [0.15, 0.2) is 24.3 Å². The molecule has 4 nitrogen and oxygen atoms in total. The van der Waals surface area contributed by atoms with Gasteiger partial charge in [0.2, 0.25) is 5.91 Å². The zero-order valence-corrected chi connectivity index (χ0v) is 7.40. The van der Waals surface area contributed by atoms with Crippen molar-refractivity contribution in [1.82, 2.24) is 0 Å². The van der Waals surface area contributed by atoms with Crippen molar-refractivity contribution in [2.75, 3.05) is 0 Å². The molecule has 1 aromatic carbocycles. The van der Waals surface area contributed by atoms with Crippen LogP contribution in [0, 0.1) is 0 Å². The van der Waals surface area contributed by atoms with Crippen LogP contribution in [-0.2, 0) is 9.53 Å². The summed E-state index contributed by atoms with van der Waals surface area (Å²) in [6.45, 7) is 0. The zero-order chi connectivity index (χ0) is 10.1. The van der Waals surface area contributed by atoms with E-state index in [-0.39, 0.29) is 12.4 Å². The molecule has 1 amide bonds. The van der Waals surface area contributed by atoms with Gasteiger partial charge in [-0.3, -0.25) is 4.79 Å². The van der Waals surface area contributed by atoms with Crippen LogP contribution in [0.4, 0.5) is 0 Å². The lowest BCUT2D eigenvalue weighted by atomic mass is 10.0. The minimum absolute atomic E-state index is 0.0444. The Hall–Kier alpha value is -1.84. The van der Waals surface area contributed by atoms with E-state index in [0.29, 0.717) is 5.56 Å². The third-order valence-corrected chi connectivity index (χ3v) is 2.16. The number of primary amides is 1. The Morgan fingerprint density at radius 3 is 2.86 bits per heavy atom. The topological polar surface area (TPSA) is 69.4 Å². The molecule has 4 heteroatoms. The van der Waals surface area contributed by atoms with Gasteiger partial charge in [0.05, 0.1) is 12.0 Å². The molecule has 2 rings (SSSR count). The highest BCUT2D eigenvalue weighted by atomic mass is 16.5. The van der Waals surface area contributed by atoms with Gasteiger partial charge in [0, 0.05) is 5.56 Å². The molecule has 0 fully saturated rings. The Bertz CT molecular complexity index is 398. The Morgan fingerprint density at radius 1 is 1.43 bits per heavy atom. The smallest absolute Gasteiger partial charge is 0.339 e. The quantitative estimate of drug-likeness (QED) is 0.702. The van der Waals surface area contributed by atoms with Crippen molar-refractivity contribution in [1.29, 1.82) is 0 Å². The summed E-state index contributed by atoms with van der Waals surface area (Å²) in [6, 6.07) is 7.01. The number of carbonyl (C=O) groups excluding carboxylic acids is 2. The predicted molar refractivity (Wildman–Crippen MR) is 48.4 cm³/mol. The van der Waals surface area contributed by atoms with Gasteiger partial charge in [-0.05, 0) is 6.07 Å². The monoisotopic (exact) mass is 191 g/mol. The minimum atomic E-state index is -0.504. The van der Waals surface area contributed by atoms with Crippen molar-refractivity contribution in [2.45, 2.75) is 12.5 Å². The van der Waals surface area contributed by atoms with E-state index in [4.69, 9.17) is 10.5 Å². The van der Waals surface area contributed by atoms with Gasteiger partial charge in [-0.2, -0.15) is 0 Å². The molecule has 1 aliphatic heterocycles. The van der Waals surface area contributed by atoms with Gasteiger partial charge in [0.1, 0.15) is 6.10 Å². The third-order valence-electron chi connectivity index (χ3n) is 2.16. The molecule has 1 aromatic rings. The molecule has 14 heavy (non-hydrogen) atoms. The molecule has 0 aliphatic carbocycles. The van der Waals surface area contributed by atoms with E-state index in [2.05, 4.69) is 0 Å². The maximum Gasteiger partial charge on any atom is 0.339 e. The summed E-state index contributed by atoms with van der Waals surface area (Å²) in [6.07, 6.45) is -0.459. The molecule has 0 saturated carbocycles. The molecule has 1 atom stereocenters. The highest BCUT2D eigenvalue weighted by Crippen LogP contribution is 2.32. The summed E-state index contributed by atoms with van der Waals surface area (Å²) in [7, 11) is 0. The van der Waals surface area contributed by atoms with Crippen LogP contribution in [0.2, 0.25) is 0 Å². The van der Waals surface area contributed by atoms with Crippen molar-refractivity contribution in [3.63, 3.8) is 0 Å². The third kappa shape index (κ3) is 1.35. The van der Waals surface area contributed by atoms with Crippen LogP contribution < -0.4 is 5.73 Å². The van der Waals surface area contributed by atoms with Gasteiger partial charge in [-0.15, -0.1) is 0 Å². The van der Waals surface area contributed by atoms with Crippen molar-refractivity contribution in [3.05, 3.63) is 35.4 Å². The van der Waals surface area contributed by atoms with Gasteiger partial charge in [-0.25, -0.2) is 4.79 Å². The molecule has 72 valence electrons. The van der Waals surface area contributed by atoms with E-state index in [1.54, 1.807) is 24.3 Å². The Balaban J connectivity index is 2.34. The number of rotatable bonds is 2. The van der Waals surface area contributed by atoms with E-state index < -0.39 is 12.0 Å². The molecule has 0 unspecified atom stereocenters. The normalized spacial score (nSPS) is 18.9. The second-order valence-corrected chi connectivity index (χ2v) is 3.15. The highest BCUT2D eigenvalue weighted by Gasteiger charge is 2.31. The van der Waals surface area contributed by atoms with Crippen LogP contribution in [0.25, 0.3) is 0 Å². The van der Waals surface area contributed by atoms with Gasteiger partial charge >= 0.3 is 5.97 Å². The van der Waals surface area contributed by atoms with Gasteiger partial charge in [-0.1, -0.05) is 18.2 Å². The van der Waals surface area contributed by atoms with Crippen LogP contribution >= 0.6 is 0 Å². The summed E-state index contributed by atoms with van der Waals surface area (Å²) < 4.78 is 5.00. The van der Waals surface area contributed by atoms with E-state index in [0.717, 1.165) is 5.56 Å². The molecule has 0 bridgehead atoms. The molecular formula is C10H9NO3. The number of hydrogen-bond donors (Lipinski definition) is 1. The zero-order valence-electron chi connectivity index (χ0n) is 7.40. The van der Waals surface area contributed by atoms with Crippen LogP contribution in [0.3, 0.4) is 0 Å². The van der Waals surface area contributed by atoms with Crippen LogP contribution in [0.5, 0.6) is 0 Å². The fourth-order valence-corrected chi connectivity index (χ4v) is 1.55. The fourth-order valence-electron chi connectivity index (χ4n) is 1.55. The highest BCUT2D eigenvalue weighted by molar-refractivity contribution is 5.94. The number of cyclic esters (lactones) is 1. The average molecular weight is 191 g/mol. The second-order valence-electron chi connectivity index (χ2n) is 3.15. The first-order valence-electron chi connectivity index (χ1n) is 4.26. The van der Waals surface area contributed by atoms with E-state index in [1.165, 1.54) is 0 Å². The maximum absolute atomic E-state index is 11.3. The number of hydrogen-bond acceptors (Lipinski definition) is 3. The van der Waals surface area contributed by atoms with Crippen LogP contribution in [0.1, 0.15) is 28.4 Å². The first-order chi connectivity index (χ1) is 6.68. The molecule has 1 heterocycles. The molecule has 0 saturated heterocycles. The average Bonchev–Trinajstić information content (AvgIpc) is 2.44. The number of ether oxygens (including phenoxy) is 1. The number of benzene rings is 1. The first kappa shape index (κ1) is 8.74. The number of nitrogens with two attached hydrogens (primary N) is 1.